The third-order valence-electron chi connectivity index (χ3n) is 2.06. The highest BCUT2D eigenvalue weighted by Gasteiger charge is 2.16. The highest BCUT2D eigenvalue weighted by Crippen LogP contribution is 2.27. The van der Waals surface area contributed by atoms with Crippen LogP contribution in [0.5, 0.6) is 0 Å². The number of nitro benzene ring substituents is 1. The fraction of sp³-hybridized carbons (Fsp3) is 0. The molecule has 0 saturated heterocycles. The largest absolute Gasteiger partial charge is 0.396 e. The summed E-state index contributed by atoms with van der Waals surface area (Å²) in [5.41, 5.74) is 5.29. The molecule has 16 heavy (non-hydrogen) atoms. The van der Waals surface area contributed by atoms with E-state index < -0.39 is 16.4 Å². The Morgan fingerprint density at radius 2 is 2.12 bits per heavy atom. The van der Waals surface area contributed by atoms with Gasteiger partial charge in [-0.05, 0) is 6.07 Å². The Morgan fingerprint density at radius 3 is 2.75 bits per heavy atom. The summed E-state index contributed by atoms with van der Waals surface area (Å²) in [4.78, 5) is 13.5. The molecular formula is C9H5ClFN3O2. The fourth-order valence-electron chi connectivity index (χ4n) is 1.32. The molecule has 2 aromatic rings. The van der Waals surface area contributed by atoms with Crippen LogP contribution in [0.4, 0.5) is 15.8 Å². The standard InChI is InChI=1S/C9H5ClFN3O2/c10-9-6(12)1-4-2-8(14(15)16)5(11)3-7(4)13-9/h1-3H,12H2. The zero-order valence-corrected chi connectivity index (χ0v) is 8.53. The molecule has 5 nitrogen and oxygen atoms in total. The van der Waals surface area contributed by atoms with Crippen molar-refractivity contribution in [2.45, 2.75) is 0 Å². The van der Waals surface area contributed by atoms with E-state index in [1.54, 1.807) is 0 Å². The number of rotatable bonds is 1. The molecule has 2 rings (SSSR count). The van der Waals surface area contributed by atoms with Gasteiger partial charge in [0.05, 0.1) is 16.1 Å². The first kappa shape index (κ1) is 10.6. The van der Waals surface area contributed by atoms with Crippen molar-refractivity contribution in [2.24, 2.45) is 0 Å². The van der Waals surface area contributed by atoms with Gasteiger partial charge in [0.25, 0.3) is 0 Å². The minimum atomic E-state index is -0.953. The fourth-order valence-corrected chi connectivity index (χ4v) is 1.46. The summed E-state index contributed by atoms with van der Waals surface area (Å²) in [5.74, 6) is -0.953. The average molecular weight is 242 g/mol. The SMILES string of the molecule is Nc1cc2cc([N+](=O)[O-])c(F)cc2nc1Cl. The van der Waals surface area contributed by atoms with Gasteiger partial charge in [0.1, 0.15) is 0 Å². The van der Waals surface area contributed by atoms with Crippen LogP contribution in [0.15, 0.2) is 18.2 Å². The lowest BCUT2D eigenvalue weighted by Gasteiger charge is -2.02. The van der Waals surface area contributed by atoms with Crippen LogP contribution in [-0.2, 0) is 0 Å². The van der Waals surface area contributed by atoms with Gasteiger partial charge in [-0.2, -0.15) is 4.39 Å². The van der Waals surface area contributed by atoms with Crippen molar-refractivity contribution in [1.82, 2.24) is 4.98 Å². The molecule has 0 radical (unpaired) electrons. The van der Waals surface area contributed by atoms with Crippen LogP contribution < -0.4 is 5.73 Å². The molecule has 1 aromatic heterocycles. The number of benzene rings is 1. The summed E-state index contributed by atoms with van der Waals surface area (Å²) in [5, 5.41) is 10.9. The predicted octanol–water partition coefficient (Wildman–Crippen LogP) is 2.52. The molecule has 1 aromatic carbocycles. The molecule has 7 heteroatoms. The second kappa shape index (κ2) is 3.57. The lowest BCUT2D eigenvalue weighted by Crippen LogP contribution is -1.95. The molecule has 0 spiro atoms. The van der Waals surface area contributed by atoms with Crippen LogP contribution in [0, 0.1) is 15.9 Å². The summed E-state index contributed by atoms with van der Waals surface area (Å²) in [7, 11) is 0. The zero-order valence-electron chi connectivity index (χ0n) is 7.78. The van der Waals surface area contributed by atoms with Crippen LogP contribution in [0.3, 0.4) is 0 Å². The molecule has 0 aliphatic carbocycles. The molecule has 82 valence electrons. The number of aromatic nitrogens is 1. The maximum absolute atomic E-state index is 13.2. The van der Waals surface area contributed by atoms with Crippen LogP contribution in [-0.4, -0.2) is 9.91 Å². The van der Waals surface area contributed by atoms with E-state index in [0.29, 0.717) is 5.39 Å². The second-order valence-corrected chi connectivity index (χ2v) is 3.48. The molecule has 2 N–H and O–H groups in total. The van der Waals surface area contributed by atoms with Gasteiger partial charge in [0.15, 0.2) is 5.15 Å². The Hall–Kier alpha value is -1.95. The van der Waals surface area contributed by atoms with Gasteiger partial charge in [0.2, 0.25) is 5.82 Å². The minimum absolute atomic E-state index is 0.0424. The van der Waals surface area contributed by atoms with E-state index in [9.17, 15) is 14.5 Å². The summed E-state index contributed by atoms with van der Waals surface area (Å²) in [6.07, 6.45) is 0. The third-order valence-corrected chi connectivity index (χ3v) is 2.36. The van der Waals surface area contributed by atoms with Crippen molar-refractivity contribution in [3.05, 3.63) is 39.3 Å². The molecule has 1 heterocycles. The lowest BCUT2D eigenvalue weighted by molar-refractivity contribution is -0.387. The third kappa shape index (κ3) is 1.63. The molecule has 0 bridgehead atoms. The number of nitrogen functional groups attached to an aromatic ring is 1. The molecular weight excluding hydrogens is 237 g/mol. The topological polar surface area (TPSA) is 82.0 Å². The number of nitro groups is 1. The highest BCUT2D eigenvalue weighted by molar-refractivity contribution is 6.32. The van der Waals surface area contributed by atoms with Crippen molar-refractivity contribution >= 4 is 33.9 Å². The molecule has 0 amide bonds. The number of halogens is 2. The van der Waals surface area contributed by atoms with E-state index in [0.717, 1.165) is 12.1 Å². The van der Waals surface area contributed by atoms with Crippen molar-refractivity contribution in [1.29, 1.82) is 0 Å². The smallest absolute Gasteiger partial charge is 0.305 e. The average Bonchev–Trinajstić information content (AvgIpc) is 2.19. The Labute approximate surface area is 93.8 Å². The predicted molar refractivity (Wildman–Crippen MR) is 57.8 cm³/mol. The lowest BCUT2D eigenvalue weighted by atomic mass is 10.2. The quantitative estimate of drug-likeness (QED) is 0.472. The molecule has 0 saturated carbocycles. The Bertz CT molecular complexity index is 603. The highest BCUT2D eigenvalue weighted by atomic mass is 35.5. The monoisotopic (exact) mass is 241 g/mol. The first-order valence-electron chi connectivity index (χ1n) is 4.18. The Morgan fingerprint density at radius 1 is 1.44 bits per heavy atom. The summed E-state index contributed by atoms with van der Waals surface area (Å²) in [6, 6.07) is 3.44. The zero-order chi connectivity index (χ0) is 11.9. The van der Waals surface area contributed by atoms with E-state index in [-0.39, 0.29) is 16.4 Å². The van der Waals surface area contributed by atoms with Crippen LogP contribution >= 0.6 is 11.6 Å². The molecule has 0 aliphatic rings. The van der Waals surface area contributed by atoms with Gasteiger partial charge < -0.3 is 5.73 Å². The summed E-state index contributed by atoms with van der Waals surface area (Å²) in [6.45, 7) is 0. The molecule has 0 atom stereocenters. The van der Waals surface area contributed by atoms with Crippen molar-refractivity contribution in [2.75, 3.05) is 5.73 Å². The number of hydrogen-bond acceptors (Lipinski definition) is 4. The van der Waals surface area contributed by atoms with Gasteiger partial charge in [-0.15, -0.1) is 0 Å². The normalized spacial score (nSPS) is 10.6. The van der Waals surface area contributed by atoms with Gasteiger partial charge in [-0.3, -0.25) is 10.1 Å². The van der Waals surface area contributed by atoms with Gasteiger partial charge >= 0.3 is 5.69 Å². The number of nitrogens with two attached hydrogens (primary N) is 1. The Kier molecular flexibility index (Phi) is 2.35. The second-order valence-electron chi connectivity index (χ2n) is 3.12. The number of anilines is 1. The van der Waals surface area contributed by atoms with Gasteiger partial charge in [0, 0.05) is 17.5 Å². The van der Waals surface area contributed by atoms with Crippen LogP contribution in [0.1, 0.15) is 0 Å². The van der Waals surface area contributed by atoms with E-state index in [4.69, 9.17) is 17.3 Å². The van der Waals surface area contributed by atoms with Gasteiger partial charge in [-0.1, -0.05) is 11.6 Å². The van der Waals surface area contributed by atoms with Crippen molar-refractivity contribution in [3.63, 3.8) is 0 Å². The maximum atomic E-state index is 13.2. The first-order valence-corrected chi connectivity index (χ1v) is 4.56. The number of pyridine rings is 1. The van der Waals surface area contributed by atoms with Crippen LogP contribution in [0.25, 0.3) is 10.9 Å². The van der Waals surface area contributed by atoms with E-state index in [1.807, 2.05) is 0 Å². The minimum Gasteiger partial charge on any atom is -0.396 e. The summed E-state index contributed by atoms with van der Waals surface area (Å²) < 4.78 is 13.2. The number of fused-ring (bicyclic) bond motifs is 1. The first-order chi connectivity index (χ1) is 7.49. The van der Waals surface area contributed by atoms with E-state index in [1.165, 1.54) is 6.07 Å². The molecule has 0 fully saturated rings. The summed E-state index contributed by atoms with van der Waals surface area (Å²) >= 11 is 5.65. The number of hydrogen-bond donors (Lipinski definition) is 1. The van der Waals surface area contributed by atoms with E-state index >= 15 is 0 Å². The van der Waals surface area contributed by atoms with Crippen molar-refractivity contribution in [3.8, 4) is 0 Å². The molecule has 0 unspecified atom stereocenters. The maximum Gasteiger partial charge on any atom is 0.305 e. The molecule has 0 aliphatic heterocycles. The van der Waals surface area contributed by atoms with Gasteiger partial charge in [-0.25, -0.2) is 4.98 Å². The Balaban J connectivity index is 2.79. The van der Waals surface area contributed by atoms with Crippen LogP contribution in [0.2, 0.25) is 5.15 Å². The number of nitrogens with zero attached hydrogens (tertiary/aromatic N) is 2. The van der Waals surface area contributed by atoms with E-state index in [2.05, 4.69) is 4.98 Å². The van der Waals surface area contributed by atoms with Crippen molar-refractivity contribution < 1.29 is 9.31 Å².